The topological polar surface area (TPSA) is 44.9 Å². The first kappa shape index (κ1) is 11.5. The van der Waals surface area contributed by atoms with E-state index in [2.05, 4.69) is 24.1 Å². The maximum atomic E-state index is 10.9. The maximum absolute atomic E-state index is 10.9. The van der Waals surface area contributed by atoms with Crippen LogP contribution in [0.15, 0.2) is 10.2 Å². The molecular formula is C10H18N2OS. The monoisotopic (exact) mass is 214 g/mol. The van der Waals surface area contributed by atoms with Crippen molar-refractivity contribution in [2.45, 2.75) is 45.7 Å². The number of thiazole rings is 1. The largest absolute Gasteiger partial charge is 0.315 e. The van der Waals surface area contributed by atoms with Crippen LogP contribution < -0.4 is 10.2 Å². The number of aromatic amines is 1. The van der Waals surface area contributed by atoms with Gasteiger partial charge in [0.1, 0.15) is 0 Å². The second-order valence-corrected chi connectivity index (χ2v) is 4.29. The molecular weight excluding hydrogens is 196 g/mol. The molecule has 1 aromatic heterocycles. The Morgan fingerprint density at radius 1 is 1.57 bits per heavy atom. The van der Waals surface area contributed by atoms with Gasteiger partial charge in [0.05, 0.1) is 0 Å². The van der Waals surface area contributed by atoms with Gasteiger partial charge in [0.25, 0.3) is 0 Å². The van der Waals surface area contributed by atoms with Gasteiger partial charge in [-0.05, 0) is 12.8 Å². The number of H-pyrrole nitrogens is 1. The molecule has 0 aliphatic rings. The predicted octanol–water partition coefficient (Wildman–Crippen LogP) is 2.10. The molecule has 1 unspecified atom stereocenters. The van der Waals surface area contributed by atoms with Crippen molar-refractivity contribution in [2.24, 2.45) is 0 Å². The first-order valence-corrected chi connectivity index (χ1v) is 6.04. The summed E-state index contributed by atoms with van der Waals surface area (Å²) in [5.41, 5.74) is 0.995. The zero-order valence-electron chi connectivity index (χ0n) is 8.80. The molecule has 4 heteroatoms. The smallest absolute Gasteiger partial charge is 0.304 e. The SMILES string of the molecule is CCCC(CC)NCc1csc(=O)[nH]1. The third-order valence-electron chi connectivity index (χ3n) is 2.28. The van der Waals surface area contributed by atoms with Gasteiger partial charge in [-0.1, -0.05) is 31.6 Å². The van der Waals surface area contributed by atoms with E-state index in [-0.39, 0.29) is 4.87 Å². The summed E-state index contributed by atoms with van der Waals surface area (Å²) in [7, 11) is 0. The molecule has 1 atom stereocenters. The van der Waals surface area contributed by atoms with E-state index in [1.54, 1.807) is 0 Å². The normalized spacial score (nSPS) is 13.0. The van der Waals surface area contributed by atoms with Crippen LogP contribution in [0.1, 0.15) is 38.8 Å². The molecule has 0 bridgehead atoms. The van der Waals surface area contributed by atoms with E-state index >= 15 is 0 Å². The lowest BCUT2D eigenvalue weighted by Gasteiger charge is -2.14. The number of hydrogen-bond donors (Lipinski definition) is 2. The first-order chi connectivity index (χ1) is 6.76. The first-order valence-electron chi connectivity index (χ1n) is 5.16. The molecule has 0 fully saturated rings. The molecule has 0 amide bonds. The summed E-state index contributed by atoms with van der Waals surface area (Å²) in [5, 5.41) is 5.32. The summed E-state index contributed by atoms with van der Waals surface area (Å²) >= 11 is 1.23. The minimum atomic E-state index is 0.0327. The molecule has 0 radical (unpaired) electrons. The number of rotatable bonds is 6. The fraction of sp³-hybridized carbons (Fsp3) is 0.700. The van der Waals surface area contributed by atoms with Crippen LogP contribution in [0.5, 0.6) is 0 Å². The minimum absolute atomic E-state index is 0.0327. The Bertz CT molecular complexity index is 305. The van der Waals surface area contributed by atoms with E-state index in [1.165, 1.54) is 24.2 Å². The van der Waals surface area contributed by atoms with Gasteiger partial charge in [-0.2, -0.15) is 0 Å². The van der Waals surface area contributed by atoms with E-state index in [9.17, 15) is 4.79 Å². The zero-order chi connectivity index (χ0) is 10.4. The molecule has 1 aromatic rings. The highest BCUT2D eigenvalue weighted by molar-refractivity contribution is 7.07. The molecule has 80 valence electrons. The Kier molecular flexibility index (Phi) is 4.90. The van der Waals surface area contributed by atoms with E-state index in [1.807, 2.05) is 5.38 Å². The molecule has 0 aliphatic carbocycles. The van der Waals surface area contributed by atoms with Gasteiger partial charge in [0.15, 0.2) is 0 Å². The Morgan fingerprint density at radius 2 is 2.36 bits per heavy atom. The average Bonchev–Trinajstić information content (AvgIpc) is 2.59. The molecule has 1 heterocycles. The standard InChI is InChI=1S/C10H18N2OS/c1-3-5-8(4-2)11-6-9-7-14-10(13)12-9/h7-8,11H,3-6H2,1-2H3,(H,12,13). The van der Waals surface area contributed by atoms with Crippen molar-refractivity contribution in [1.82, 2.24) is 10.3 Å². The summed E-state index contributed by atoms with van der Waals surface area (Å²) < 4.78 is 0. The van der Waals surface area contributed by atoms with Crippen molar-refractivity contribution in [1.29, 1.82) is 0 Å². The molecule has 2 N–H and O–H groups in total. The van der Waals surface area contributed by atoms with Gasteiger partial charge >= 0.3 is 4.87 Å². The van der Waals surface area contributed by atoms with Gasteiger partial charge in [-0.15, -0.1) is 0 Å². The number of nitrogens with one attached hydrogen (secondary N) is 2. The van der Waals surface area contributed by atoms with Crippen molar-refractivity contribution in [3.8, 4) is 0 Å². The van der Waals surface area contributed by atoms with E-state index < -0.39 is 0 Å². The Balaban J connectivity index is 2.35. The highest BCUT2D eigenvalue weighted by Gasteiger charge is 2.04. The van der Waals surface area contributed by atoms with Crippen LogP contribution >= 0.6 is 11.3 Å². The highest BCUT2D eigenvalue weighted by atomic mass is 32.1. The second kappa shape index (κ2) is 5.98. The van der Waals surface area contributed by atoms with Crippen molar-refractivity contribution >= 4 is 11.3 Å². The lowest BCUT2D eigenvalue weighted by Crippen LogP contribution is -2.27. The zero-order valence-corrected chi connectivity index (χ0v) is 9.62. The summed E-state index contributed by atoms with van der Waals surface area (Å²) in [4.78, 5) is 13.7. The third-order valence-corrected chi connectivity index (χ3v) is 3.00. The Labute approximate surface area is 88.6 Å². The quantitative estimate of drug-likeness (QED) is 0.761. The molecule has 0 spiro atoms. The van der Waals surface area contributed by atoms with Gasteiger partial charge < -0.3 is 10.3 Å². The average molecular weight is 214 g/mol. The van der Waals surface area contributed by atoms with Gasteiger partial charge in [0, 0.05) is 23.7 Å². The Morgan fingerprint density at radius 3 is 2.86 bits per heavy atom. The summed E-state index contributed by atoms with van der Waals surface area (Å²) in [6, 6.07) is 0.573. The van der Waals surface area contributed by atoms with Crippen LogP contribution in [0.25, 0.3) is 0 Å². The fourth-order valence-electron chi connectivity index (χ4n) is 1.45. The van der Waals surface area contributed by atoms with Gasteiger partial charge in [-0.25, -0.2) is 0 Å². The van der Waals surface area contributed by atoms with Crippen molar-refractivity contribution in [2.75, 3.05) is 0 Å². The van der Waals surface area contributed by atoms with E-state index in [0.717, 1.165) is 18.7 Å². The molecule has 0 saturated heterocycles. The van der Waals surface area contributed by atoms with E-state index in [0.29, 0.717) is 6.04 Å². The lowest BCUT2D eigenvalue weighted by atomic mass is 10.1. The van der Waals surface area contributed by atoms with Crippen LogP contribution in [0.4, 0.5) is 0 Å². The van der Waals surface area contributed by atoms with Crippen molar-refractivity contribution < 1.29 is 0 Å². The van der Waals surface area contributed by atoms with Gasteiger partial charge in [-0.3, -0.25) is 4.79 Å². The van der Waals surface area contributed by atoms with Gasteiger partial charge in [0.2, 0.25) is 0 Å². The van der Waals surface area contributed by atoms with Crippen molar-refractivity contribution in [3.63, 3.8) is 0 Å². The highest BCUT2D eigenvalue weighted by Crippen LogP contribution is 2.03. The minimum Gasteiger partial charge on any atom is -0.315 e. The molecule has 14 heavy (non-hydrogen) atoms. The molecule has 3 nitrogen and oxygen atoms in total. The van der Waals surface area contributed by atoms with Crippen LogP contribution in [0, 0.1) is 0 Å². The Hall–Kier alpha value is -0.610. The lowest BCUT2D eigenvalue weighted by molar-refractivity contribution is 0.460. The summed E-state index contributed by atoms with van der Waals surface area (Å²) in [6.45, 7) is 5.15. The number of hydrogen-bond acceptors (Lipinski definition) is 3. The van der Waals surface area contributed by atoms with Crippen molar-refractivity contribution in [3.05, 3.63) is 20.7 Å². The van der Waals surface area contributed by atoms with Crippen LogP contribution in [0.3, 0.4) is 0 Å². The van der Waals surface area contributed by atoms with E-state index in [4.69, 9.17) is 0 Å². The van der Waals surface area contributed by atoms with Crippen LogP contribution in [-0.4, -0.2) is 11.0 Å². The maximum Gasteiger partial charge on any atom is 0.304 e. The molecule has 0 saturated carbocycles. The van der Waals surface area contributed by atoms with Crippen LogP contribution in [-0.2, 0) is 6.54 Å². The number of aromatic nitrogens is 1. The second-order valence-electron chi connectivity index (χ2n) is 3.45. The molecule has 1 rings (SSSR count). The predicted molar refractivity (Wildman–Crippen MR) is 60.8 cm³/mol. The third kappa shape index (κ3) is 3.64. The summed E-state index contributed by atoms with van der Waals surface area (Å²) in [6.07, 6.45) is 3.54. The fourth-order valence-corrected chi connectivity index (χ4v) is 2.04. The van der Waals surface area contributed by atoms with Crippen LogP contribution in [0.2, 0.25) is 0 Å². The molecule has 0 aliphatic heterocycles. The molecule has 0 aromatic carbocycles. The summed E-state index contributed by atoms with van der Waals surface area (Å²) in [5.74, 6) is 0.